The third-order valence-corrected chi connectivity index (χ3v) is 2.77. The number of rotatable bonds is 10. The highest BCUT2D eigenvalue weighted by Gasteiger charge is 2.04. The number of benzene rings is 1. The fourth-order valence-electron chi connectivity index (χ4n) is 1.74. The second kappa shape index (κ2) is 9.02. The standard InChI is InChI=1S/C16H22O4/c1-3-5-6-7-8-19-14-9-13(4-2)10-15(11-14)20-12-16(17)18/h4,9-11H,2-3,5-8,12H2,1H3,(H,17,18). The van der Waals surface area contributed by atoms with Crippen LogP contribution in [0.3, 0.4) is 0 Å². The topological polar surface area (TPSA) is 55.8 Å². The number of carbonyl (C=O) groups is 1. The highest BCUT2D eigenvalue weighted by Crippen LogP contribution is 2.24. The molecule has 0 radical (unpaired) electrons. The lowest BCUT2D eigenvalue weighted by atomic mass is 10.2. The van der Waals surface area contributed by atoms with Crippen molar-refractivity contribution in [2.75, 3.05) is 13.2 Å². The van der Waals surface area contributed by atoms with E-state index in [1.807, 2.05) is 6.07 Å². The number of carboxylic acid groups (broad SMARTS) is 1. The molecule has 0 atom stereocenters. The molecule has 0 aromatic heterocycles. The Morgan fingerprint density at radius 1 is 1.20 bits per heavy atom. The Labute approximate surface area is 120 Å². The van der Waals surface area contributed by atoms with Crippen LogP contribution in [0.25, 0.3) is 6.08 Å². The van der Waals surface area contributed by atoms with E-state index in [4.69, 9.17) is 14.6 Å². The van der Waals surface area contributed by atoms with Gasteiger partial charge in [-0.3, -0.25) is 0 Å². The Morgan fingerprint density at radius 2 is 1.90 bits per heavy atom. The first-order chi connectivity index (χ1) is 9.65. The van der Waals surface area contributed by atoms with E-state index in [1.165, 1.54) is 12.8 Å². The van der Waals surface area contributed by atoms with Gasteiger partial charge in [-0.15, -0.1) is 0 Å². The van der Waals surface area contributed by atoms with Gasteiger partial charge in [-0.1, -0.05) is 38.8 Å². The van der Waals surface area contributed by atoms with Gasteiger partial charge in [0, 0.05) is 6.07 Å². The zero-order valence-corrected chi connectivity index (χ0v) is 11.9. The van der Waals surface area contributed by atoms with Gasteiger partial charge in [-0.2, -0.15) is 0 Å². The zero-order chi connectivity index (χ0) is 14.8. The molecule has 1 N–H and O–H groups in total. The first-order valence-corrected chi connectivity index (χ1v) is 6.90. The summed E-state index contributed by atoms with van der Waals surface area (Å²) in [5.41, 5.74) is 0.844. The maximum atomic E-state index is 10.5. The molecule has 0 saturated carbocycles. The monoisotopic (exact) mass is 278 g/mol. The number of hydrogen-bond donors (Lipinski definition) is 1. The normalized spacial score (nSPS) is 10.1. The van der Waals surface area contributed by atoms with Gasteiger partial charge < -0.3 is 14.6 Å². The van der Waals surface area contributed by atoms with E-state index in [2.05, 4.69) is 13.5 Å². The van der Waals surface area contributed by atoms with E-state index < -0.39 is 5.97 Å². The lowest BCUT2D eigenvalue weighted by Gasteiger charge is -2.10. The average Bonchev–Trinajstić information content (AvgIpc) is 2.44. The van der Waals surface area contributed by atoms with Crippen molar-refractivity contribution in [1.29, 1.82) is 0 Å². The summed E-state index contributed by atoms with van der Waals surface area (Å²) in [6.07, 6.45) is 6.25. The van der Waals surface area contributed by atoms with Crippen molar-refractivity contribution in [3.63, 3.8) is 0 Å². The van der Waals surface area contributed by atoms with Gasteiger partial charge in [0.05, 0.1) is 6.61 Å². The SMILES string of the molecule is C=Cc1cc(OCCCCCC)cc(OCC(=O)O)c1. The number of aliphatic carboxylic acids is 1. The van der Waals surface area contributed by atoms with Gasteiger partial charge in [-0.05, 0) is 24.1 Å². The van der Waals surface area contributed by atoms with E-state index in [1.54, 1.807) is 18.2 Å². The Morgan fingerprint density at radius 3 is 2.50 bits per heavy atom. The van der Waals surface area contributed by atoms with Crippen molar-refractivity contribution in [3.05, 3.63) is 30.3 Å². The van der Waals surface area contributed by atoms with Gasteiger partial charge >= 0.3 is 5.97 Å². The lowest BCUT2D eigenvalue weighted by Crippen LogP contribution is -2.09. The maximum absolute atomic E-state index is 10.5. The third kappa shape index (κ3) is 6.27. The van der Waals surface area contributed by atoms with Crippen LogP contribution in [0.2, 0.25) is 0 Å². The second-order valence-corrected chi connectivity index (χ2v) is 4.53. The molecule has 0 fully saturated rings. The Hall–Kier alpha value is -1.97. The fraction of sp³-hybridized carbons (Fsp3) is 0.438. The van der Waals surface area contributed by atoms with Crippen LogP contribution in [0.15, 0.2) is 24.8 Å². The summed E-state index contributed by atoms with van der Waals surface area (Å²) in [6, 6.07) is 5.30. The number of hydrogen-bond acceptors (Lipinski definition) is 3. The van der Waals surface area contributed by atoms with Crippen molar-refractivity contribution >= 4 is 12.0 Å². The van der Waals surface area contributed by atoms with Crippen molar-refractivity contribution in [2.24, 2.45) is 0 Å². The molecule has 0 saturated heterocycles. The summed E-state index contributed by atoms with van der Waals surface area (Å²) in [5.74, 6) is 0.156. The quantitative estimate of drug-likeness (QED) is 0.662. The number of ether oxygens (including phenoxy) is 2. The van der Waals surface area contributed by atoms with E-state index >= 15 is 0 Å². The summed E-state index contributed by atoms with van der Waals surface area (Å²) < 4.78 is 10.8. The van der Waals surface area contributed by atoms with Crippen LogP contribution >= 0.6 is 0 Å². The van der Waals surface area contributed by atoms with Crippen LogP contribution < -0.4 is 9.47 Å². The third-order valence-electron chi connectivity index (χ3n) is 2.77. The van der Waals surface area contributed by atoms with Crippen LogP contribution in [-0.4, -0.2) is 24.3 Å². The molecule has 4 nitrogen and oxygen atoms in total. The Balaban J connectivity index is 2.57. The van der Waals surface area contributed by atoms with Gasteiger partial charge in [0.25, 0.3) is 0 Å². The molecule has 0 aliphatic carbocycles. The summed E-state index contributed by atoms with van der Waals surface area (Å²) in [6.45, 7) is 6.16. The number of unbranched alkanes of at least 4 members (excludes halogenated alkanes) is 3. The summed E-state index contributed by atoms with van der Waals surface area (Å²) in [4.78, 5) is 10.5. The highest BCUT2D eigenvalue weighted by molar-refractivity contribution is 5.68. The molecule has 0 spiro atoms. The van der Waals surface area contributed by atoms with E-state index in [0.29, 0.717) is 18.1 Å². The number of carboxylic acids is 1. The summed E-state index contributed by atoms with van der Waals surface area (Å²) in [7, 11) is 0. The highest BCUT2D eigenvalue weighted by atomic mass is 16.5. The smallest absolute Gasteiger partial charge is 0.341 e. The molecule has 0 heterocycles. The molecule has 0 amide bonds. The Kier molecular flexibility index (Phi) is 7.25. The van der Waals surface area contributed by atoms with Gasteiger partial charge in [-0.25, -0.2) is 4.79 Å². The van der Waals surface area contributed by atoms with Crippen molar-refractivity contribution in [1.82, 2.24) is 0 Å². The fourth-order valence-corrected chi connectivity index (χ4v) is 1.74. The molecule has 0 unspecified atom stereocenters. The van der Waals surface area contributed by atoms with Gasteiger partial charge in [0.15, 0.2) is 6.61 Å². The van der Waals surface area contributed by atoms with Crippen LogP contribution in [0.1, 0.15) is 38.2 Å². The minimum Gasteiger partial charge on any atom is -0.493 e. The largest absolute Gasteiger partial charge is 0.493 e. The summed E-state index contributed by atoms with van der Waals surface area (Å²) in [5, 5.41) is 8.62. The lowest BCUT2D eigenvalue weighted by molar-refractivity contribution is -0.139. The van der Waals surface area contributed by atoms with Crippen LogP contribution in [-0.2, 0) is 4.79 Å². The minimum absolute atomic E-state index is 0.365. The first-order valence-electron chi connectivity index (χ1n) is 6.90. The predicted molar refractivity (Wildman–Crippen MR) is 79.3 cm³/mol. The van der Waals surface area contributed by atoms with Crippen molar-refractivity contribution < 1.29 is 19.4 Å². The van der Waals surface area contributed by atoms with Crippen molar-refractivity contribution in [2.45, 2.75) is 32.6 Å². The average molecular weight is 278 g/mol. The molecule has 1 aromatic rings. The molecule has 4 heteroatoms. The van der Waals surface area contributed by atoms with E-state index in [-0.39, 0.29) is 6.61 Å². The minimum atomic E-state index is -1.00. The zero-order valence-electron chi connectivity index (χ0n) is 11.9. The molecule has 1 rings (SSSR count). The van der Waals surface area contributed by atoms with Gasteiger partial charge in [0.2, 0.25) is 0 Å². The van der Waals surface area contributed by atoms with E-state index in [0.717, 1.165) is 18.4 Å². The first kappa shape index (κ1) is 16.1. The predicted octanol–water partition coefficient (Wildman–Crippen LogP) is 3.75. The van der Waals surface area contributed by atoms with Gasteiger partial charge in [0.1, 0.15) is 11.5 Å². The molecule has 1 aromatic carbocycles. The molecule has 110 valence electrons. The second-order valence-electron chi connectivity index (χ2n) is 4.53. The van der Waals surface area contributed by atoms with Crippen LogP contribution in [0.4, 0.5) is 0 Å². The molecule has 20 heavy (non-hydrogen) atoms. The molecular weight excluding hydrogens is 256 g/mol. The van der Waals surface area contributed by atoms with Crippen LogP contribution in [0, 0.1) is 0 Å². The van der Waals surface area contributed by atoms with Crippen molar-refractivity contribution in [3.8, 4) is 11.5 Å². The Bertz CT molecular complexity index is 440. The van der Waals surface area contributed by atoms with Crippen LogP contribution in [0.5, 0.6) is 11.5 Å². The maximum Gasteiger partial charge on any atom is 0.341 e. The summed E-state index contributed by atoms with van der Waals surface area (Å²) >= 11 is 0. The molecule has 0 bridgehead atoms. The molecular formula is C16H22O4. The van der Waals surface area contributed by atoms with E-state index in [9.17, 15) is 4.79 Å². The molecule has 0 aliphatic rings. The molecule has 0 aliphatic heterocycles.